The molecule has 4 aromatic rings. The first kappa shape index (κ1) is 28.7. The lowest BCUT2D eigenvalue weighted by Crippen LogP contribution is -2.23. The predicted octanol–water partition coefficient (Wildman–Crippen LogP) is 8.48. The van der Waals surface area contributed by atoms with Crippen LogP contribution >= 0.6 is 0 Å². The van der Waals surface area contributed by atoms with Crippen molar-refractivity contribution < 1.29 is 19.1 Å². The zero-order chi connectivity index (χ0) is 29.6. The lowest BCUT2D eigenvalue weighted by Gasteiger charge is -2.26. The fourth-order valence-electron chi connectivity index (χ4n) is 5.26. The second-order valence-electron chi connectivity index (χ2n) is 10.1. The molecule has 0 aliphatic heterocycles. The van der Waals surface area contributed by atoms with Crippen LogP contribution in [-0.4, -0.2) is 24.8 Å². The summed E-state index contributed by atoms with van der Waals surface area (Å²) in [7, 11) is 0. The van der Waals surface area contributed by atoms with Gasteiger partial charge in [0.05, 0.1) is 47.9 Å². The van der Waals surface area contributed by atoms with Crippen LogP contribution in [0.1, 0.15) is 69.0 Å². The molecule has 0 spiro atoms. The maximum absolute atomic E-state index is 14.0. The summed E-state index contributed by atoms with van der Waals surface area (Å²) < 4.78 is 11.8. The Bertz CT molecular complexity index is 1540. The van der Waals surface area contributed by atoms with Gasteiger partial charge in [-0.25, -0.2) is 0 Å². The van der Waals surface area contributed by atoms with Gasteiger partial charge in [0, 0.05) is 33.6 Å². The zero-order valence-corrected chi connectivity index (χ0v) is 23.9. The number of fused-ring (bicyclic) bond motifs is 2. The first-order valence-electron chi connectivity index (χ1n) is 14.0. The highest BCUT2D eigenvalue weighted by Gasteiger charge is 2.34. The van der Waals surface area contributed by atoms with Gasteiger partial charge in [-0.15, -0.1) is 13.2 Å². The Balaban J connectivity index is 1.61. The number of anilines is 4. The summed E-state index contributed by atoms with van der Waals surface area (Å²) in [5.74, 6) is -0.425. The number of rotatable bonds is 12. The van der Waals surface area contributed by atoms with Gasteiger partial charge in [-0.2, -0.15) is 0 Å². The Kier molecular flexibility index (Phi) is 8.77. The van der Waals surface area contributed by atoms with Gasteiger partial charge in [-0.3, -0.25) is 9.59 Å². The Hall–Kier alpha value is -4.78. The predicted molar refractivity (Wildman–Crippen MR) is 168 cm³/mol. The number of hydrogen-bond acceptors (Lipinski definition) is 6. The second kappa shape index (κ2) is 12.8. The van der Waals surface area contributed by atoms with Gasteiger partial charge in [0.25, 0.3) is 0 Å². The van der Waals surface area contributed by atoms with Crippen LogP contribution in [0.2, 0.25) is 0 Å². The van der Waals surface area contributed by atoms with Gasteiger partial charge in [-0.05, 0) is 38.1 Å². The molecule has 212 valence electrons. The molecule has 2 unspecified atom stereocenters. The van der Waals surface area contributed by atoms with E-state index in [2.05, 4.69) is 23.8 Å². The molecule has 0 fully saturated rings. The van der Waals surface area contributed by atoms with Crippen molar-refractivity contribution in [1.82, 2.24) is 0 Å². The molecular weight excluding hydrogens is 524 g/mol. The minimum Gasteiger partial charge on any atom is -0.370 e. The summed E-state index contributed by atoms with van der Waals surface area (Å²) in [6.45, 7) is 12.2. The Morgan fingerprint density at radius 1 is 0.595 bits per heavy atom. The average molecular weight is 559 g/mol. The number of ketones is 2. The molecule has 0 amide bonds. The van der Waals surface area contributed by atoms with E-state index in [4.69, 9.17) is 9.47 Å². The van der Waals surface area contributed by atoms with E-state index in [1.54, 1.807) is 36.4 Å². The van der Waals surface area contributed by atoms with Crippen molar-refractivity contribution in [2.75, 3.05) is 23.8 Å². The Morgan fingerprint density at radius 2 is 0.976 bits per heavy atom. The molecule has 2 atom stereocenters. The first-order chi connectivity index (χ1) is 20.4. The molecule has 1 aliphatic carbocycles. The number of benzene rings is 4. The molecule has 0 heterocycles. The highest BCUT2D eigenvalue weighted by atomic mass is 16.5. The van der Waals surface area contributed by atoms with E-state index in [-0.39, 0.29) is 23.8 Å². The molecule has 2 N–H and O–H groups in total. The Morgan fingerprint density at radius 3 is 1.38 bits per heavy atom. The lowest BCUT2D eigenvalue weighted by atomic mass is 9.82. The standard InChI is InChI=1S/C36H34N2O4/c1-5-21-41-23(3)25-13-9-11-17-29(25)37-31-19-20-32(38-30-18-12-10-14-26(30)24(4)42-22-6-2)34-33(31)35(39)27-15-7-8-16-28(27)36(34)40/h5-20,23-24,37-38H,1-2,21-22H2,3-4H3. The van der Waals surface area contributed by atoms with Gasteiger partial charge in [0.1, 0.15) is 0 Å². The molecule has 5 rings (SSSR count). The Labute approximate surface area is 246 Å². The summed E-state index contributed by atoms with van der Waals surface area (Å²) in [6, 6.07) is 26.2. The quantitative estimate of drug-likeness (QED) is 0.150. The average Bonchev–Trinajstić information content (AvgIpc) is 3.02. The van der Waals surface area contributed by atoms with Crippen molar-refractivity contribution >= 4 is 34.3 Å². The maximum Gasteiger partial charge on any atom is 0.196 e. The van der Waals surface area contributed by atoms with Crippen LogP contribution in [-0.2, 0) is 9.47 Å². The number of ether oxygens (including phenoxy) is 2. The summed E-state index contributed by atoms with van der Waals surface area (Å²) in [6.07, 6.45) is 2.98. The van der Waals surface area contributed by atoms with Crippen LogP contribution in [0.5, 0.6) is 0 Å². The van der Waals surface area contributed by atoms with E-state index in [0.29, 0.717) is 46.8 Å². The highest BCUT2D eigenvalue weighted by molar-refractivity contribution is 6.32. The van der Waals surface area contributed by atoms with Gasteiger partial charge < -0.3 is 20.1 Å². The number of carbonyl (C=O) groups is 2. The first-order valence-corrected chi connectivity index (χ1v) is 14.0. The molecule has 0 bridgehead atoms. The molecule has 0 saturated carbocycles. The summed E-state index contributed by atoms with van der Waals surface area (Å²) in [5, 5.41) is 6.90. The van der Waals surface area contributed by atoms with E-state index in [1.807, 2.05) is 74.5 Å². The monoisotopic (exact) mass is 558 g/mol. The fourth-order valence-corrected chi connectivity index (χ4v) is 5.26. The van der Waals surface area contributed by atoms with Gasteiger partial charge >= 0.3 is 0 Å². The van der Waals surface area contributed by atoms with E-state index in [0.717, 1.165) is 22.5 Å². The van der Waals surface area contributed by atoms with Gasteiger partial charge in [-0.1, -0.05) is 72.8 Å². The third kappa shape index (κ3) is 5.68. The molecule has 0 saturated heterocycles. The highest BCUT2D eigenvalue weighted by Crippen LogP contribution is 2.40. The molecule has 4 aromatic carbocycles. The lowest BCUT2D eigenvalue weighted by molar-refractivity contribution is 0.0891. The normalized spacial score (nSPS) is 13.5. The molecule has 0 radical (unpaired) electrons. The van der Waals surface area contributed by atoms with Crippen molar-refractivity contribution in [3.8, 4) is 0 Å². The van der Waals surface area contributed by atoms with E-state index >= 15 is 0 Å². The minimum atomic E-state index is -0.219. The summed E-state index contributed by atoms with van der Waals surface area (Å²) >= 11 is 0. The van der Waals surface area contributed by atoms with Crippen LogP contribution in [0.25, 0.3) is 0 Å². The maximum atomic E-state index is 14.0. The number of hydrogen-bond donors (Lipinski definition) is 2. The number of nitrogens with one attached hydrogen (secondary N) is 2. The topological polar surface area (TPSA) is 76.7 Å². The molecule has 0 aromatic heterocycles. The molecule has 42 heavy (non-hydrogen) atoms. The van der Waals surface area contributed by atoms with E-state index in [9.17, 15) is 9.59 Å². The van der Waals surface area contributed by atoms with Crippen molar-refractivity contribution in [2.24, 2.45) is 0 Å². The van der Waals surface area contributed by atoms with E-state index in [1.165, 1.54) is 0 Å². The van der Waals surface area contributed by atoms with Crippen molar-refractivity contribution in [1.29, 1.82) is 0 Å². The van der Waals surface area contributed by atoms with Gasteiger partial charge in [0.15, 0.2) is 11.6 Å². The van der Waals surface area contributed by atoms with Crippen LogP contribution in [0, 0.1) is 0 Å². The van der Waals surface area contributed by atoms with Crippen molar-refractivity contribution in [3.63, 3.8) is 0 Å². The third-order valence-corrected chi connectivity index (χ3v) is 7.34. The molecule has 6 heteroatoms. The van der Waals surface area contributed by atoms with Crippen LogP contribution < -0.4 is 10.6 Å². The third-order valence-electron chi connectivity index (χ3n) is 7.34. The van der Waals surface area contributed by atoms with Crippen molar-refractivity contribution in [2.45, 2.75) is 26.1 Å². The van der Waals surface area contributed by atoms with Crippen molar-refractivity contribution in [3.05, 3.63) is 144 Å². The van der Waals surface area contributed by atoms with E-state index < -0.39 is 0 Å². The number of carbonyl (C=O) groups excluding carboxylic acids is 2. The molecular formula is C36H34N2O4. The smallest absolute Gasteiger partial charge is 0.196 e. The van der Waals surface area contributed by atoms with Crippen LogP contribution in [0.15, 0.2) is 110 Å². The fraction of sp³-hybridized carbons (Fsp3) is 0.167. The van der Waals surface area contributed by atoms with Gasteiger partial charge in [0.2, 0.25) is 0 Å². The minimum absolute atomic E-state index is 0.212. The number of para-hydroxylation sites is 2. The molecule has 1 aliphatic rings. The summed E-state index contributed by atoms with van der Waals surface area (Å²) in [5.41, 5.74) is 5.93. The summed E-state index contributed by atoms with van der Waals surface area (Å²) in [4.78, 5) is 28.1. The SMILES string of the molecule is C=CCOC(C)c1ccccc1Nc1ccc(Nc2ccccc2C(C)OCC=C)c2c1C(=O)c1ccccc1C2=O. The van der Waals surface area contributed by atoms with Crippen LogP contribution in [0.4, 0.5) is 22.7 Å². The van der Waals surface area contributed by atoms with Crippen LogP contribution in [0.3, 0.4) is 0 Å². The second-order valence-corrected chi connectivity index (χ2v) is 10.1. The largest absolute Gasteiger partial charge is 0.370 e. The zero-order valence-electron chi connectivity index (χ0n) is 23.9. The molecule has 6 nitrogen and oxygen atoms in total.